The minimum atomic E-state index is -2.64. The Morgan fingerprint density at radius 3 is 2.96 bits per heavy atom. The van der Waals surface area contributed by atoms with Crippen molar-refractivity contribution in [2.24, 2.45) is 0 Å². The maximum Gasteiger partial charge on any atom is 0.291 e. The van der Waals surface area contributed by atoms with Crippen LogP contribution in [0.15, 0.2) is 52.5 Å². The van der Waals surface area contributed by atoms with E-state index in [9.17, 15) is 18.0 Å². The molecule has 2 heterocycles. The van der Waals surface area contributed by atoms with Gasteiger partial charge in [0.15, 0.2) is 5.16 Å². The average molecular weight is 423 g/mol. The molecule has 4 rings (SSSR count). The number of carbonyl (C=O) groups is 1. The normalized spacial score (nSPS) is 16.4. The van der Waals surface area contributed by atoms with Crippen molar-refractivity contribution >= 4 is 40.5 Å². The third-order valence-electron chi connectivity index (χ3n) is 4.46. The van der Waals surface area contributed by atoms with E-state index >= 15 is 0 Å². The van der Waals surface area contributed by atoms with Gasteiger partial charge in [0.1, 0.15) is 12.4 Å². The zero-order valence-corrected chi connectivity index (χ0v) is 16.2. The molecular weight excluding hydrogens is 407 g/mol. The van der Waals surface area contributed by atoms with Crippen molar-refractivity contribution in [3.63, 3.8) is 0 Å². The highest BCUT2D eigenvalue weighted by Crippen LogP contribution is 2.36. The molecule has 1 aromatic heterocycles. The second-order valence-corrected chi connectivity index (χ2v) is 8.38. The Kier molecular flexibility index (Phi) is 5.54. The van der Waals surface area contributed by atoms with Crippen LogP contribution >= 0.6 is 23.5 Å². The van der Waals surface area contributed by atoms with Gasteiger partial charge in [-0.05, 0) is 54.1 Å². The van der Waals surface area contributed by atoms with Crippen molar-refractivity contribution in [3.8, 4) is 0 Å². The van der Waals surface area contributed by atoms with Crippen molar-refractivity contribution in [2.75, 3.05) is 5.75 Å². The third kappa shape index (κ3) is 4.00. The standard InChI is InChI=1S/C19H16F3N3OS2/c20-11-5-6-16-12(9-11)13(7-8-27-16)23-17(26)10-25-15-4-2-1-3-14(15)24-19(25)28-18(21)22/h1-6,9,13,18H,7-8,10H2,(H,23,26)/t13-/m1/s1. The van der Waals surface area contributed by atoms with Gasteiger partial charge >= 0.3 is 0 Å². The Hall–Kier alpha value is -2.13. The number of carbonyl (C=O) groups excluding carboxylic acids is 1. The molecule has 28 heavy (non-hydrogen) atoms. The first-order chi connectivity index (χ1) is 13.5. The number of halogens is 3. The molecule has 4 nitrogen and oxygen atoms in total. The number of nitrogens with one attached hydrogen (secondary N) is 1. The van der Waals surface area contributed by atoms with Crippen LogP contribution in [0, 0.1) is 5.82 Å². The number of benzene rings is 2. The molecule has 0 aliphatic carbocycles. The number of nitrogens with zero attached hydrogens (tertiary/aromatic N) is 2. The summed E-state index contributed by atoms with van der Waals surface area (Å²) in [7, 11) is 0. The van der Waals surface area contributed by atoms with Gasteiger partial charge in [-0.3, -0.25) is 4.79 Å². The van der Waals surface area contributed by atoms with Crippen LogP contribution in [-0.4, -0.2) is 27.0 Å². The third-order valence-corrected chi connectivity index (χ3v) is 6.29. The second-order valence-electron chi connectivity index (χ2n) is 6.29. The molecular formula is C19H16F3N3OS2. The lowest BCUT2D eigenvalue weighted by Crippen LogP contribution is -2.33. The van der Waals surface area contributed by atoms with Crippen LogP contribution in [0.4, 0.5) is 13.2 Å². The van der Waals surface area contributed by atoms with Gasteiger partial charge in [0.2, 0.25) is 5.91 Å². The molecule has 0 bridgehead atoms. The van der Waals surface area contributed by atoms with Crippen LogP contribution in [0.1, 0.15) is 18.0 Å². The first-order valence-electron chi connectivity index (χ1n) is 8.63. The Labute approximate surface area is 167 Å². The number of amides is 1. The summed E-state index contributed by atoms with van der Waals surface area (Å²) in [6.45, 7) is -0.135. The summed E-state index contributed by atoms with van der Waals surface area (Å²) in [6, 6.07) is 11.3. The Morgan fingerprint density at radius 1 is 1.32 bits per heavy atom. The fourth-order valence-electron chi connectivity index (χ4n) is 3.27. The smallest absolute Gasteiger partial charge is 0.291 e. The molecule has 1 amide bonds. The fourth-order valence-corrected chi connectivity index (χ4v) is 4.98. The molecule has 1 N–H and O–H groups in total. The molecule has 0 fully saturated rings. The van der Waals surface area contributed by atoms with Crippen LogP contribution in [0.25, 0.3) is 11.0 Å². The lowest BCUT2D eigenvalue weighted by atomic mass is 10.0. The lowest BCUT2D eigenvalue weighted by molar-refractivity contribution is -0.122. The predicted octanol–water partition coefficient (Wildman–Crippen LogP) is 4.84. The summed E-state index contributed by atoms with van der Waals surface area (Å²) in [6.07, 6.45) is 0.677. The van der Waals surface area contributed by atoms with Crippen molar-refractivity contribution in [1.82, 2.24) is 14.9 Å². The molecule has 0 saturated carbocycles. The zero-order valence-electron chi connectivity index (χ0n) is 14.6. The van der Waals surface area contributed by atoms with Crippen molar-refractivity contribution < 1.29 is 18.0 Å². The van der Waals surface area contributed by atoms with Gasteiger partial charge in [-0.15, -0.1) is 11.8 Å². The summed E-state index contributed by atoms with van der Waals surface area (Å²) < 4.78 is 41.0. The molecule has 0 unspecified atom stereocenters. The lowest BCUT2D eigenvalue weighted by Gasteiger charge is -2.26. The molecule has 2 aromatic carbocycles. The summed E-state index contributed by atoms with van der Waals surface area (Å²) in [5, 5.41) is 3.02. The number of imidazole rings is 1. The highest BCUT2D eigenvalue weighted by molar-refractivity contribution is 7.99. The largest absolute Gasteiger partial charge is 0.348 e. The van der Waals surface area contributed by atoms with E-state index in [0.29, 0.717) is 29.2 Å². The van der Waals surface area contributed by atoms with E-state index in [1.807, 2.05) is 0 Å². The van der Waals surface area contributed by atoms with Gasteiger partial charge in [0, 0.05) is 10.6 Å². The summed E-state index contributed by atoms with van der Waals surface area (Å²) in [5.41, 5.74) is 1.92. The van der Waals surface area contributed by atoms with E-state index in [-0.39, 0.29) is 29.5 Å². The van der Waals surface area contributed by atoms with Gasteiger partial charge < -0.3 is 9.88 Å². The molecule has 146 valence electrons. The first kappa shape index (κ1) is 19.2. The highest BCUT2D eigenvalue weighted by atomic mass is 32.2. The number of thioether (sulfide) groups is 2. The Bertz CT molecular complexity index is 1020. The van der Waals surface area contributed by atoms with Crippen molar-refractivity contribution in [2.45, 2.75) is 34.8 Å². The molecule has 0 radical (unpaired) electrons. The Morgan fingerprint density at radius 2 is 2.14 bits per heavy atom. The topological polar surface area (TPSA) is 46.9 Å². The van der Waals surface area contributed by atoms with E-state index in [0.717, 1.165) is 16.2 Å². The van der Waals surface area contributed by atoms with E-state index in [2.05, 4.69) is 10.3 Å². The van der Waals surface area contributed by atoms with Gasteiger partial charge in [0.25, 0.3) is 5.76 Å². The van der Waals surface area contributed by atoms with Crippen LogP contribution in [0.5, 0.6) is 0 Å². The van der Waals surface area contributed by atoms with Gasteiger partial charge in [-0.2, -0.15) is 8.78 Å². The number of hydrogen-bond donors (Lipinski definition) is 1. The maximum absolute atomic E-state index is 13.7. The summed E-state index contributed by atoms with van der Waals surface area (Å²) in [5.74, 6) is -2.50. The van der Waals surface area contributed by atoms with E-state index in [1.165, 1.54) is 16.7 Å². The molecule has 1 aliphatic rings. The molecule has 3 aromatic rings. The molecule has 1 aliphatic heterocycles. The fraction of sp³-hybridized carbons (Fsp3) is 0.263. The van der Waals surface area contributed by atoms with Crippen LogP contribution in [-0.2, 0) is 11.3 Å². The van der Waals surface area contributed by atoms with E-state index in [1.54, 1.807) is 42.1 Å². The average Bonchev–Trinajstić information content (AvgIpc) is 2.99. The Balaban J connectivity index is 1.57. The molecule has 0 spiro atoms. The second kappa shape index (κ2) is 8.08. The molecule has 1 atom stereocenters. The number of rotatable bonds is 5. The van der Waals surface area contributed by atoms with E-state index < -0.39 is 5.76 Å². The van der Waals surface area contributed by atoms with Crippen LogP contribution < -0.4 is 5.32 Å². The number of fused-ring (bicyclic) bond motifs is 2. The van der Waals surface area contributed by atoms with Gasteiger partial charge in [0.05, 0.1) is 17.1 Å². The zero-order chi connectivity index (χ0) is 19.7. The number of hydrogen-bond acceptors (Lipinski definition) is 4. The molecule has 0 saturated heterocycles. The maximum atomic E-state index is 13.7. The van der Waals surface area contributed by atoms with Crippen molar-refractivity contribution in [1.29, 1.82) is 0 Å². The minimum absolute atomic E-state index is 0.0944. The van der Waals surface area contributed by atoms with Crippen LogP contribution in [0.3, 0.4) is 0 Å². The minimum Gasteiger partial charge on any atom is -0.348 e. The molecule has 9 heteroatoms. The number of para-hydroxylation sites is 2. The number of aromatic nitrogens is 2. The van der Waals surface area contributed by atoms with Crippen LogP contribution in [0.2, 0.25) is 0 Å². The predicted molar refractivity (Wildman–Crippen MR) is 104 cm³/mol. The monoisotopic (exact) mass is 423 g/mol. The quantitative estimate of drug-likeness (QED) is 0.597. The highest BCUT2D eigenvalue weighted by Gasteiger charge is 2.24. The number of alkyl halides is 2. The van der Waals surface area contributed by atoms with Gasteiger partial charge in [-0.1, -0.05) is 12.1 Å². The van der Waals surface area contributed by atoms with Gasteiger partial charge in [-0.25, -0.2) is 9.37 Å². The first-order valence-corrected chi connectivity index (χ1v) is 10.5. The van der Waals surface area contributed by atoms with E-state index in [4.69, 9.17) is 0 Å². The summed E-state index contributed by atoms with van der Waals surface area (Å²) in [4.78, 5) is 17.9. The SMILES string of the molecule is O=C(Cn1c(SC(F)F)nc2ccccc21)N[C@@H]1CCSc2ccc(F)cc21. The van der Waals surface area contributed by atoms with Crippen molar-refractivity contribution in [3.05, 3.63) is 53.8 Å². The summed E-state index contributed by atoms with van der Waals surface area (Å²) >= 11 is 1.94.